The van der Waals surface area contributed by atoms with E-state index in [9.17, 15) is 13.2 Å². The molecule has 0 fully saturated rings. The van der Waals surface area contributed by atoms with E-state index < -0.39 is 10.0 Å². The van der Waals surface area contributed by atoms with Gasteiger partial charge in [-0.05, 0) is 37.3 Å². The Labute approximate surface area is 189 Å². The summed E-state index contributed by atoms with van der Waals surface area (Å²) in [5.41, 5.74) is 1.63. The maximum Gasteiger partial charge on any atom is 0.240 e. The van der Waals surface area contributed by atoms with Crippen LogP contribution < -0.4 is 9.46 Å². The Kier molecular flexibility index (Phi) is 6.17. The van der Waals surface area contributed by atoms with Gasteiger partial charge in [0.25, 0.3) is 0 Å². The number of carbonyl (C=O) groups excluding carboxylic acids is 1. The highest BCUT2D eigenvalue weighted by atomic mass is 35.5. The number of sulfonamides is 1. The number of hydrogen-bond donors (Lipinski definition) is 1. The highest BCUT2D eigenvalue weighted by Gasteiger charge is 2.15. The van der Waals surface area contributed by atoms with Crippen LogP contribution in [0.1, 0.15) is 17.3 Å². The molecule has 1 N–H and O–H groups in total. The minimum atomic E-state index is -3.73. The summed E-state index contributed by atoms with van der Waals surface area (Å²) in [4.78, 5) is 11.4. The Balaban J connectivity index is 1.42. The number of ketones is 1. The molecular weight excluding hydrogens is 454 g/mol. The van der Waals surface area contributed by atoms with E-state index in [2.05, 4.69) is 20.0 Å². The van der Waals surface area contributed by atoms with E-state index in [4.69, 9.17) is 16.3 Å². The third kappa shape index (κ3) is 4.62. The molecule has 0 saturated heterocycles. The van der Waals surface area contributed by atoms with E-state index in [0.717, 1.165) is 0 Å². The third-order valence-electron chi connectivity index (χ3n) is 4.57. The second kappa shape index (κ2) is 9.03. The SMILES string of the molecule is CC(=O)c1ccc(S(=O)(=O)NCCOc2ccc3nnc(-c4ccccc4Cl)n3n2)cc1. The van der Waals surface area contributed by atoms with E-state index in [1.165, 1.54) is 35.7 Å². The van der Waals surface area contributed by atoms with E-state index in [1.807, 2.05) is 18.2 Å². The summed E-state index contributed by atoms with van der Waals surface area (Å²) < 4.78 is 34.4. The fourth-order valence-electron chi connectivity index (χ4n) is 2.94. The first-order valence-electron chi connectivity index (χ1n) is 9.56. The van der Waals surface area contributed by atoms with Crippen LogP contribution in [0, 0.1) is 0 Å². The molecule has 4 rings (SSSR count). The number of Topliss-reactive ketones (excluding diaryl/α,β-unsaturated/α-hetero) is 1. The molecule has 0 saturated carbocycles. The number of rotatable bonds is 8. The predicted molar refractivity (Wildman–Crippen MR) is 118 cm³/mol. The molecule has 0 aliphatic heterocycles. The molecule has 9 nitrogen and oxygen atoms in total. The van der Waals surface area contributed by atoms with Crippen molar-refractivity contribution in [2.45, 2.75) is 11.8 Å². The number of ether oxygens (including phenoxy) is 1. The number of carbonyl (C=O) groups is 1. The van der Waals surface area contributed by atoms with Gasteiger partial charge in [-0.1, -0.05) is 35.9 Å². The monoisotopic (exact) mass is 471 g/mol. The van der Waals surface area contributed by atoms with E-state index in [0.29, 0.717) is 27.6 Å². The lowest BCUT2D eigenvalue weighted by Gasteiger charge is -2.09. The van der Waals surface area contributed by atoms with E-state index in [1.54, 1.807) is 18.2 Å². The quantitative estimate of drug-likeness (QED) is 0.310. The second-order valence-corrected chi connectivity index (χ2v) is 8.95. The molecule has 0 unspecified atom stereocenters. The predicted octanol–water partition coefficient (Wildman–Crippen LogP) is 3.00. The topological polar surface area (TPSA) is 116 Å². The van der Waals surface area contributed by atoms with Crippen LogP contribution in [0.25, 0.3) is 17.0 Å². The van der Waals surface area contributed by atoms with Gasteiger partial charge in [-0.2, -0.15) is 4.52 Å². The van der Waals surface area contributed by atoms with Crippen molar-refractivity contribution in [1.82, 2.24) is 24.5 Å². The minimum absolute atomic E-state index is 0.0239. The van der Waals surface area contributed by atoms with Crippen molar-refractivity contribution in [3.63, 3.8) is 0 Å². The highest BCUT2D eigenvalue weighted by Crippen LogP contribution is 2.26. The summed E-state index contributed by atoms with van der Waals surface area (Å²) in [5.74, 6) is 0.604. The lowest BCUT2D eigenvalue weighted by molar-refractivity contribution is 0.101. The van der Waals surface area contributed by atoms with Gasteiger partial charge in [-0.25, -0.2) is 13.1 Å². The van der Waals surface area contributed by atoms with Gasteiger partial charge in [0.15, 0.2) is 17.3 Å². The first kappa shape index (κ1) is 21.9. The maximum absolute atomic E-state index is 12.4. The Morgan fingerprint density at radius 2 is 1.81 bits per heavy atom. The number of benzene rings is 2. The van der Waals surface area contributed by atoms with Crippen LogP contribution in [0.5, 0.6) is 5.88 Å². The van der Waals surface area contributed by atoms with Crippen molar-refractivity contribution in [2.75, 3.05) is 13.2 Å². The van der Waals surface area contributed by atoms with Gasteiger partial charge in [-0.15, -0.1) is 15.3 Å². The molecular formula is C21H18ClN5O4S. The summed E-state index contributed by atoms with van der Waals surface area (Å²) in [5, 5.41) is 13.1. The van der Waals surface area contributed by atoms with E-state index in [-0.39, 0.29) is 29.7 Å². The van der Waals surface area contributed by atoms with Crippen molar-refractivity contribution in [2.24, 2.45) is 0 Å². The largest absolute Gasteiger partial charge is 0.475 e. The van der Waals surface area contributed by atoms with Crippen molar-refractivity contribution >= 4 is 33.1 Å². The molecule has 0 spiro atoms. The standard InChI is InChI=1S/C21H18ClN5O4S/c1-14(28)15-6-8-16(9-7-15)32(29,30)23-12-13-31-20-11-10-19-24-25-21(27(19)26-20)17-4-2-3-5-18(17)22/h2-11,23H,12-13H2,1H3. The van der Waals surface area contributed by atoms with Crippen LogP contribution in [-0.4, -0.2) is 47.2 Å². The third-order valence-corrected chi connectivity index (χ3v) is 6.37. The van der Waals surface area contributed by atoms with E-state index >= 15 is 0 Å². The van der Waals surface area contributed by atoms with Gasteiger partial charge in [0, 0.05) is 23.7 Å². The summed E-state index contributed by atoms with van der Waals surface area (Å²) in [6, 6.07) is 16.2. The van der Waals surface area contributed by atoms with Gasteiger partial charge < -0.3 is 4.74 Å². The smallest absolute Gasteiger partial charge is 0.240 e. The Hall–Kier alpha value is -3.34. The fourth-order valence-corrected chi connectivity index (χ4v) is 4.18. The maximum atomic E-state index is 12.4. The molecule has 164 valence electrons. The molecule has 2 aromatic heterocycles. The van der Waals surface area contributed by atoms with Gasteiger partial charge in [0.1, 0.15) is 6.61 Å². The first-order valence-corrected chi connectivity index (χ1v) is 11.4. The molecule has 0 atom stereocenters. The van der Waals surface area contributed by atoms with Crippen LogP contribution in [0.3, 0.4) is 0 Å². The van der Waals surface area contributed by atoms with Crippen LogP contribution in [0.15, 0.2) is 65.6 Å². The summed E-state index contributed by atoms with van der Waals surface area (Å²) >= 11 is 6.25. The van der Waals surface area contributed by atoms with Crippen molar-refractivity contribution in [3.05, 3.63) is 71.2 Å². The number of nitrogens with one attached hydrogen (secondary N) is 1. The van der Waals surface area contributed by atoms with Gasteiger partial charge in [0.2, 0.25) is 15.9 Å². The lowest BCUT2D eigenvalue weighted by Crippen LogP contribution is -2.28. The normalized spacial score (nSPS) is 11.6. The van der Waals surface area contributed by atoms with Crippen molar-refractivity contribution in [3.8, 4) is 17.3 Å². The van der Waals surface area contributed by atoms with Crippen LogP contribution >= 0.6 is 11.6 Å². The zero-order valence-electron chi connectivity index (χ0n) is 16.9. The number of aromatic nitrogens is 4. The van der Waals surface area contributed by atoms with Crippen molar-refractivity contribution in [1.29, 1.82) is 0 Å². The molecule has 0 radical (unpaired) electrons. The van der Waals surface area contributed by atoms with Gasteiger partial charge in [-0.3, -0.25) is 4.79 Å². The van der Waals surface area contributed by atoms with Crippen LogP contribution in [0.2, 0.25) is 5.02 Å². The molecule has 2 aromatic carbocycles. The second-order valence-electron chi connectivity index (χ2n) is 6.77. The zero-order valence-corrected chi connectivity index (χ0v) is 18.5. The van der Waals surface area contributed by atoms with Crippen LogP contribution in [-0.2, 0) is 10.0 Å². The lowest BCUT2D eigenvalue weighted by atomic mass is 10.2. The molecule has 11 heteroatoms. The Morgan fingerprint density at radius 3 is 2.53 bits per heavy atom. The minimum Gasteiger partial charge on any atom is -0.475 e. The molecule has 32 heavy (non-hydrogen) atoms. The molecule has 4 aromatic rings. The van der Waals surface area contributed by atoms with Crippen molar-refractivity contribution < 1.29 is 17.9 Å². The average molecular weight is 472 g/mol. The highest BCUT2D eigenvalue weighted by molar-refractivity contribution is 7.89. The summed E-state index contributed by atoms with van der Waals surface area (Å²) in [7, 11) is -3.73. The molecule has 0 aliphatic rings. The fraction of sp³-hybridized carbons (Fsp3) is 0.143. The Bertz CT molecular complexity index is 1390. The molecule has 0 amide bonds. The molecule has 2 heterocycles. The zero-order chi connectivity index (χ0) is 22.7. The number of nitrogens with zero attached hydrogens (tertiary/aromatic N) is 4. The number of fused-ring (bicyclic) bond motifs is 1. The summed E-state index contributed by atoms with van der Waals surface area (Å²) in [6.45, 7) is 1.49. The Morgan fingerprint density at radius 1 is 1.06 bits per heavy atom. The molecule has 0 aliphatic carbocycles. The summed E-state index contributed by atoms with van der Waals surface area (Å²) in [6.07, 6.45) is 0. The van der Waals surface area contributed by atoms with Gasteiger partial charge in [0.05, 0.1) is 9.92 Å². The van der Waals surface area contributed by atoms with Crippen LogP contribution in [0.4, 0.5) is 0 Å². The number of halogens is 1. The van der Waals surface area contributed by atoms with Gasteiger partial charge >= 0.3 is 0 Å². The first-order chi connectivity index (χ1) is 15.3. The molecule has 0 bridgehead atoms. The number of hydrogen-bond acceptors (Lipinski definition) is 7. The average Bonchev–Trinajstić information content (AvgIpc) is 3.20.